The van der Waals surface area contributed by atoms with Gasteiger partial charge in [0.2, 0.25) is 0 Å². The molecule has 2 unspecified atom stereocenters. The summed E-state index contributed by atoms with van der Waals surface area (Å²) in [7, 11) is 1.83. The van der Waals surface area contributed by atoms with Crippen LogP contribution in [-0.4, -0.2) is 60.0 Å². The predicted molar refractivity (Wildman–Crippen MR) is 98.3 cm³/mol. The Bertz CT molecular complexity index is 599. The van der Waals surface area contributed by atoms with Gasteiger partial charge in [-0.25, -0.2) is 0 Å². The molecule has 0 radical (unpaired) electrons. The van der Waals surface area contributed by atoms with E-state index in [0.29, 0.717) is 0 Å². The van der Waals surface area contributed by atoms with Crippen molar-refractivity contribution in [2.45, 2.75) is 44.6 Å². The number of halogens is 4. The van der Waals surface area contributed by atoms with Crippen LogP contribution < -0.4 is 4.74 Å². The minimum atomic E-state index is -4.69. The zero-order valence-electron chi connectivity index (χ0n) is 15.4. The minimum Gasteiger partial charge on any atom is -0.480 e. The highest BCUT2D eigenvalue weighted by molar-refractivity contribution is 5.85. The highest BCUT2D eigenvalue weighted by Crippen LogP contribution is 2.28. The summed E-state index contributed by atoms with van der Waals surface area (Å²) in [4.78, 5) is 15.0. The Labute approximate surface area is 163 Å². The summed E-state index contributed by atoms with van der Waals surface area (Å²) < 4.78 is 40.6. The second-order valence-electron chi connectivity index (χ2n) is 6.72. The van der Waals surface area contributed by atoms with Gasteiger partial charge in [0.05, 0.1) is 6.54 Å². The second kappa shape index (κ2) is 10.1. The van der Waals surface area contributed by atoms with Gasteiger partial charge < -0.3 is 9.84 Å². The Morgan fingerprint density at radius 3 is 2.48 bits per heavy atom. The van der Waals surface area contributed by atoms with E-state index >= 15 is 0 Å². The first-order valence-electron chi connectivity index (χ1n) is 8.67. The van der Waals surface area contributed by atoms with Gasteiger partial charge >= 0.3 is 12.3 Å². The van der Waals surface area contributed by atoms with Crippen molar-refractivity contribution in [3.63, 3.8) is 0 Å². The molecule has 0 aromatic heterocycles. The van der Waals surface area contributed by atoms with Crippen LogP contribution in [0.4, 0.5) is 13.2 Å². The number of rotatable bonds is 6. The predicted octanol–water partition coefficient (Wildman–Crippen LogP) is 3.94. The molecule has 2 atom stereocenters. The molecule has 9 heteroatoms. The largest absolute Gasteiger partial charge is 0.573 e. The van der Waals surface area contributed by atoms with Gasteiger partial charge in [-0.3, -0.25) is 14.6 Å². The summed E-state index contributed by atoms with van der Waals surface area (Å²) in [5.74, 6) is -1.05. The zero-order valence-corrected chi connectivity index (χ0v) is 16.2. The SMILES string of the molecule is CC(c1ccc(OC(F)(F)F)cc1)N1CCCC(N(C)CC(=O)O)CC1.Cl. The van der Waals surface area contributed by atoms with Crippen molar-refractivity contribution in [2.75, 3.05) is 26.7 Å². The number of aliphatic carboxylic acids is 1. The molecule has 1 aromatic carbocycles. The second-order valence-corrected chi connectivity index (χ2v) is 6.72. The lowest BCUT2D eigenvalue weighted by atomic mass is 10.1. The van der Waals surface area contributed by atoms with Crippen molar-refractivity contribution >= 4 is 18.4 Å². The Morgan fingerprint density at radius 1 is 1.30 bits per heavy atom. The monoisotopic (exact) mass is 410 g/mol. The molecule has 0 spiro atoms. The van der Waals surface area contributed by atoms with Gasteiger partial charge in [-0.1, -0.05) is 12.1 Å². The minimum absolute atomic E-state index is 0. The van der Waals surface area contributed by atoms with Crippen LogP contribution in [0.5, 0.6) is 5.75 Å². The third-order valence-corrected chi connectivity index (χ3v) is 4.88. The van der Waals surface area contributed by atoms with Crippen LogP contribution in [0.1, 0.15) is 37.8 Å². The molecular formula is C18H26ClF3N2O3. The molecule has 1 aliphatic rings. The molecule has 27 heavy (non-hydrogen) atoms. The first-order valence-corrected chi connectivity index (χ1v) is 8.67. The highest BCUT2D eigenvalue weighted by atomic mass is 35.5. The maximum Gasteiger partial charge on any atom is 0.573 e. The number of likely N-dealkylation sites (N-methyl/N-ethyl adjacent to an activating group) is 1. The molecule has 154 valence electrons. The summed E-state index contributed by atoms with van der Waals surface area (Å²) in [5.41, 5.74) is 0.928. The highest BCUT2D eigenvalue weighted by Gasteiger charge is 2.31. The number of hydrogen-bond acceptors (Lipinski definition) is 4. The number of likely N-dealkylation sites (tertiary alicyclic amines) is 1. The van der Waals surface area contributed by atoms with Gasteiger partial charge in [-0.05, 0) is 57.5 Å². The van der Waals surface area contributed by atoms with Crippen molar-refractivity contribution in [3.05, 3.63) is 29.8 Å². The Kier molecular flexibility index (Phi) is 8.84. The number of carboxylic acid groups (broad SMARTS) is 1. The van der Waals surface area contributed by atoms with Gasteiger partial charge in [-0.2, -0.15) is 0 Å². The molecule has 0 aliphatic carbocycles. The molecule has 5 nitrogen and oxygen atoms in total. The molecule has 0 amide bonds. The molecule has 0 saturated carbocycles. The lowest BCUT2D eigenvalue weighted by molar-refractivity contribution is -0.274. The molecule has 2 rings (SSSR count). The zero-order chi connectivity index (χ0) is 19.3. The summed E-state index contributed by atoms with van der Waals surface area (Å²) in [6, 6.07) is 6.28. The molecule has 0 bridgehead atoms. The van der Waals surface area contributed by atoms with E-state index in [1.807, 2.05) is 18.9 Å². The summed E-state index contributed by atoms with van der Waals surface area (Å²) >= 11 is 0. The first-order chi connectivity index (χ1) is 12.2. The average molecular weight is 411 g/mol. The van der Waals surface area contributed by atoms with Crippen molar-refractivity contribution in [1.82, 2.24) is 9.80 Å². The first kappa shape index (κ1) is 23.5. The van der Waals surface area contributed by atoms with E-state index in [0.717, 1.165) is 37.9 Å². The fourth-order valence-electron chi connectivity index (χ4n) is 3.43. The van der Waals surface area contributed by atoms with Gasteiger partial charge in [0.25, 0.3) is 0 Å². The van der Waals surface area contributed by atoms with E-state index in [2.05, 4.69) is 9.64 Å². The number of carbonyl (C=O) groups is 1. The molecule has 1 aromatic rings. The number of hydrogen-bond donors (Lipinski definition) is 1. The van der Waals surface area contributed by atoms with E-state index in [1.54, 1.807) is 12.1 Å². The summed E-state index contributed by atoms with van der Waals surface area (Å²) in [6.07, 6.45) is -1.93. The quantitative estimate of drug-likeness (QED) is 0.769. The Morgan fingerprint density at radius 2 is 1.93 bits per heavy atom. The molecule has 1 fully saturated rings. The van der Waals surface area contributed by atoms with Crippen LogP contribution in [0.3, 0.4) is 0 Å². The van der Waals surface area contributed by atoms with Crippen molar-refractivity contribution < 1.29 is 27.8 Å². The molecule has 1 N–H and O–H groups in total. The van der Waals surface area contributed by atoms with Gasteiger partial charge in [0, 0.05) is 18.6 Å². The maximum atomic E-state index is 12.2. The molecule has 1 heterocycles. The van der Waals surface area contributed by atoms with E-state index in [1.165, 1.54) is 12.1 Å². The molecule has 1 saturated heterocycles. The lowest BCUT2D eigenvalue weighted by Crippen LogP contribution is -2.36. The maximum absolute atomic E-state index is 12.2. The average Bonchev–Trinajstić information content (AvgIpc) is 2.79. The van der Waals surface area contributed by atoms with E-state index in [-0.39, 0.29) is 36.8 Å². The van der Waals surface area contributed by atoms with E-state index in [9.17, 15) is 18.0 Å². The number of ether oxygens (including phenoxy) is 1. The van der Waals surface area contributed by atoms with Crippen LogP contribution in [-0.2, 0) is 4.79 Å². The Balaban J connectivity index is 0.00000364. The standard InChI is InChI=1S/C18H25F3N2O3.ClH/c1-13(14-5-7-16(8-6-14)26-18(19,20)21)23-10-3-4-15(9-11-23)22(2)12-17(24)25;/h5-8,13,15H,3-4,9-12H2,1-2H3,(H,24,25);1H. The Hall–Kier alpha value is -1.51. The lowest BCUT2D eigenvalue weighted by Gasteiger charge is -2.29. The number of benzene rings is 1. The van der Waals surface area contributed by atoms with Gasteiger partial charge in [0.1, 0.15) is 5.75 Å². The fraction of sp³-hybridized carbons (Fsp3) is 0.611. The number of nitrogens with zero attached hydrogens (tertiary/aromatic N) is 2. The van der Waals surface area contributed by atoms with E-state index < -0.39 is 12.3 Å². The van der Waals surface area contributed by atoms with Crippen LogP contribution in [0.2, 0.25) is 0 Å². The fourth-order valence-corrected chi connectivity index (χ4v) is 3.43. The van der Waals surface area contributed by atoms with Gasteiger partial charge in [-0.15, -0.1) is 25.6 Å². The molecular weight excluding hydrogens is 385 g/mol. The van der Waals surface area contributed by atoms with Crippen molar-refractivity contribution in [2.24, 2.45) is 0 Å². The van der Waals surface area contributed by atoms with Crippen LogP contribution in [0.15, 0.2) is 24.3 Å². The summed E-state index contributed by atoms with van der Waals surface area (Å²) in [6.45, 7) is 3.75. The van der Waals surface area contributed by atoms with E-state index in [4.69, 9.17) is 5.11 Å². The third kappa shape index (κ3) is 7.56. The van der Waals surface area contributed by atoms with Crippen LogP contribution in [0.25, 0.3) is 0 Å². The summed E-state index contributed by atoms with van der Waals surface area (Å²) in [5, 5.41) is 8.93. The third-order valence-electron chi connectivity index (χ3n) is 4.88. The van der Waals surface area contributed by atoms with Crippen molar-refractivity contribution in [1.29, 1.82) is 0 Å². The smallest absolute Gasteiger partial charge is 0.480 e. The number of carboxylic acids is 1. The number of alkyl halides is 3. The van der Waals surface area contributed by atoms with Crippen molar-refractivity contribution in [3.8, 4) is 5.75 Å². The topological polar surface area (TPSA) is 53.0 Å². The van der Waals surface area contributed by atoms with Crippen LogP contribution in [0, 0.1) is 0 Å². The van der Waals surface area contributed by atoms with Gasteiger partial charge in [0.15, 0.2) is 0 Å². The molecule has 1 aliphatic heterocycles. The van der Waals surface area contributed by atoms with Crippen LogP contribution >= 0.6 is 12.4 Å². The normalized spacial score (nSPS) is 19.9.